The molecule has 0 aliphatic rings. The van der Waals surface area contributed by atoms with Crippen LogP contribution in [-0.2, 0) is 0 Å². The molecule has 0 unspecified atom stereocenters. The number of fused-ring (bicyclic) bond motifs is 1. The molecule has 0 aliphatic heterocycles. The Kier molecular flexibility index (Phi) is 4.61. The second-order valence-electron chi connectivity index (χ2n) is 4.99. The molecular weight excluding hydrogens is 320 g/mol. The Morgan fingerprint density at radius 2 is 2.00 bits per heavy atom. The standard InChI is InChI=1S/C17H16N6S/c18-8-9-23(20)13-4-6-14(7-5-13)24-22-16-3-1-2-15-12(10-19)11-21-17(15)16/h1-9,11,21-22H,18,20H2/b9-8-. The molecule has 0 amide bonds. The minimum atomic E-state index is 0.638. The zero-order chi connectivity index (χ0) is 16.9. The van der Waals surface area contributed by atoms with Crippen LogP contribution in [0.15, 0.2) is 66.0 Å². The third-order valence-electron chi connectivity index (χ3n) is 3.50. The maximum atomic E-state index is 9.11. The Morgan fingerprint density at radius 3 is 2.71 bits per heavy atom. The van der Waals surface area contributed by atoms with Crippen LogP contribution in [-0.4, -0.2) is 4.98 Å². The van der Waals surface area contributed by atoms with Crippen LogP contribution in [0, 0.1) is 11.3 Å². The summed E-state index contributed by atoms with van der Waals surface area (Å²) in [6.45, 7) is 0. The molecule has 0 saturated heterocycles. The summed E-state index contributed by atoms with van der Waals surface area (Å²) in [5.41, 5.74) is 8.65. The molecule has 1 heterocycles. The molecule has 1 aromatic heterocycles. The van der Waals surface area contributed by atoms with Gasteiger partial charge in [0.15, 0.2) is 0 Å². The fourth-order valence-electron chi connectivity index (χ4n) is 2.31. The molecule has 0 bridgehead atoms. The van der Waals surface area contributed by atoms with Crippen LogP contribution >= 0.6 is 11.9 Å². The molecule has 0 aliphatic carbocycles. The zero-order valence-electron chi connectivity index (χ0n) is 12.7. The Hall–Kier alpha value is -3.08. The van der Waals surface area contributed by atoms with Crippen molar-refractivity contribution in [3.63, 3.8) is 0 Å². The predicted molar refractivity (Wildman–Crippen MR) is 98.9 cm³/mol. The molecule has 0 atom stereocenters. The third-order valence-corrected chi connectivity index (χ3v) is 4.33. The van der Waals surface area contributed by atoms with Crippen LogP contribution in [0.5, 0.6) is 0 Å². The lowest BCUT2D eigenvalue weighted by Crippen LogP contribution is -2.24. The summed E-state index contributed by atoms with van der Waals surface area (Å²) in [7, 11) is 0. The number of para-hydroxylation sites is 1. The van der Waals surface area contributed by atoms with Crippen molar-refractivity contribution >= 4 is 34.2 Å². The summed E-state index contributed by atoms with van der Waals surface area (Å²) in [6, 6.07) is 15.7. The maximum Gasteiger partial charge on any atom is 0.101 e. The van der Waals surface area contributed by atoms with Crippen molar-refractivity contribution in [1.82, 2.24) is 4.98 Å². The van der Waals surface area contributed by atoms with Gasteiger partial charge in [0.2, 0.25) is 0 Å². The van der Waals surface area contributed by atoms with E-state index in [0.29, 0.717) is 5.56 Å². The van der Waals surface area contributed by atoms with Gasteiger partial charge in [-0.05, 0) is 42.3 Å². The molecule has 6 nitrogen and oxygen atoms in total. The first-order valence-corrected chi connectivity index (χ1v) is 8.00. The first-order valence-electron chi connectivity index (χ1n) is 7.18. The van der Waals surface area contributed by atoms with Gasteiger partial charge in [-0.25, -0.2) is 5.84 Å². The van der Waals surface area contributed by atoms with E-state index in [9.17, 15) is 0 Å². The van der Waals surface area contributed by atoms with Crippen molar-refractivity contribution in [1.29, 1.82) is 5.26 Å². The number of nitrogens with one attached hydrogen (secondary N) is 2. The van der Waals surface area contributed by atoms with Crippen molar-refractivity contribution in [3.05, 3.63) is 66.6 Å². The second kappa shape index (κ2) is 7.00. The first-order chi connectivity index (χ1) is 11.7. The second-order valence-corrected chi connectivity index (χ2v) is 5.87. The quantitative estimate of drug-likeness (QED) is 0.324. The molecule has 24 heavy (non-hydrogen) atoms. The van der Waals surface area contributed by atoms with E-state index in [1.807, 2.05) is 42.5 Å². The van der Waals surface area contributed by atoms with Gasteiger partial charge in [0, 0.05) is 28.9 Å². The molecule has 0 fully saturated rings. The van der Waals surface area contributed by atoms with E-state index in [1.54, 1.807) is 12.4 Å². The highest BCUT2D eigenvalue weighted by Gasteiger charge is 2.07. The van der Waals surface area contributed by atoms with Crippen LogP contribution < -0.4 is 21.3 Å². The van der Waals surface area contributed by atoms with Gasteiger partial charge in [-0.1, -0.05) is 12.1 Å². The largest absolute Gasteiger partial charge is 0.403 e. The van der Waals surface area contributed by atoms with Crippen molar-refractivity contribution < 1.29 is 0 Å². The molecule has 7 heteroatoms. The van der Waals surface area contributed by atoms with Gasteiger partial charge >= 0.3 is 0 Å². The van der Waals surface area contributed by atoms with Gasteiger partial charge < -0.3 is 15.4 Å². The topological polar surface area (TPSA) is 107 Å². The minimum Gasteiger partial charge on any atom is -0.403 e. The van der Waals surface area contributed by atoms with Crippen molar-refractivity contribution in [2.24, 2.45) is 11.6 Å². The number of anilines is 2. The molecule has 3 rings (SSSR count). The van der Waals surface area contributed by atoms with E-state index in [-0.39, 0.29) is 0 Å². The number of aromatic amines is 1. The van der Waals surface area contributed by atoms with E-state index >= 15 is 0 Å². The Morgan fingerprint density at radius 1 is 1.21 bits per heavy atom. The summed E-state index contributed by atoms with van der Waals surface area (Å²) in [4.78, 5) is 4.18. The van der Waals surface area contributed by atoms with E-state index in [2.05, 4.69) is 15.8 Å². The molecule has 2 aromatic carbocycles. The number of aromatic nitrogens is 1. The zero-order valence-corrected chi connectivity index (χ0v) is 13.5. The molecule has 0 saturated carbocycles. The van der Waals surface area contributed by atoms with Gasteiger partial charge in [-0.3, -0.25) is 5.01 Å². The fraction of sp³-hybridized carbons (Fsp3) is 0. The van der Waals surface area contributed by atoms with Crippen LogP contribution in [0.4, 0.5) is 11.4 Å². The first kappa shape index (κ1) is 15.8. The van der Waals surface area contributed by atoms with Crippen LogP contribution in [0.25, 0.3) is 10.9 Å². The Bertz CT molecular complexity index is 907. The summed E-state index contributed by atoms with van der Waals surface area (Å²) < 4.78 is 3.31. The van der Waals surface area contributed by atoms with Gasteiger partial charge in [0.05, 0.1) is 22.5 Å². The highest BCUT2D eigenvalue weighted by molar-refractivity contribution is 8.00. The number of nitriles is 1. The Labute approximate surface area is 143 Å². The lowest BCUT2D eigenvalue weighted by molar-refractivity contribution is 1.07. The van der Waals surface area contributed by atoms with Crippen LogP contribution in [0.1, 0.15) is 5.56 Å². The number of hydrogen-bond donors (Lipinski definition) is 4. The van der Waals surface area contributed by atoms with Gasteiger partial charge in [0.1, 0.15) is 6.07 Å². The monoisotopic (exact) mass is 336 g/mol. The smallest absolute Gasteiger partial charge is 0.101 e. The van der Waals surface area contributed by atoms with Crippen LogP contribution in [0.2, 0.25) is 0 Å². The van der Waals surface area contributed by atoms with Gasteiger partial charge in [-0.2, -0.15) is 5.26 Å². The number of hydrazine groups is 1. The van der Waals surface area contributed by atoms with Crippen molar-refractivity contribution in [2.75, 3.05) is 9.73 Å². The minimum absolute atomic E-state index is 0.638. The average Bonchev–Trinajstić information content (AvgIpc) is 3.04. The third kappa shape index (κ3) is 3.15. The SMILES string of the molecule is N#Cc1c[nH]c2c(NSc3ccc(N(N)/C=C\N)cc3)cccc12. The average molecular weight is 336 g/mol. The number of rotatable bonds is 5. The molecule has 0 radical (unpaired) electrons. The molecule has 6 N–H and O–H groups in total. The van der Waals surface area contributed by atoms with Gasteiger partial charge in [0.25, 0.3) is 0 Å². The predicted octanol–water partition coefficient (Wildman–Crippen LogP) is 3.27. The van der Waals surface area contributed by atoms with Crippen LogP contribution in [0.3, 0.4) is 0 Å². The number of benzene rings is 2. The number of hydrogen-bond acceptors (Lipinski definition) is 6. The normalized spacial score (nSPS) is 10.8. The number of H-pyrrole nitrogens is 1. The Balaban J connectivity index is 1.74. The lowest BCUT2D eigenvalue weighted by atomic mass is 10.2. The van der Waals surface area contributed by atoms with E-state index in [1.165, 1.54) is 23.2 Å². The number of nitrogens with zero attached hydrogens (tertiary/aromatic N) is 2. The van der Waals surface area contributed by atoms with Crippen molar-refractivity contribution in [2.45, 2.75) is 4.90 Å². The molecule has 120 valence electrons. The highest BCUT2D eigenvalue weighted by Crippen LogP contribution is 2.29. The summed E-state index contributed by atoms with van der Waals surface area (Å²) in [5, 5.41) is 11.5. The van der Waals surface area contributed by atoms with Crippen molar-refractivity contribution in [3.8, 4) is 6.07 Å². The highest BCUT2D eigenvalue weighted by atomic mass is 32.2. The molecular formula is C17H16N6S. The lowest BCUT2D eigenvalue weighted by Gasteiger charge is -2.13. The van der Waals surface area contributed by atoms with E-state index in [0.717, 1.165) is 27.2 Å². The fourth-order valence-corrected chi connectivity index (χ4v) is 2.98. The van der Waals surface area contributed by atoms with E-state index < -0.39 is 0 Å². The van der Waals surface area contributed by atoms with E-state index in [4.69, 9.17) is 16.8 Å². The summed E-state index contributed by atoms with van der Waals surface area (Å²) >= 11 is 1.48. The summed E-state index contributed by atoms with van der Waals surface area (Å²) in [6.07, 6.45) is 4.69. The summed E-state index contributed by atoms with van der Waals surface area (Å²) in [5.74, 6) is 5.81. The van der Waals surface area contributed by atoms with Gasteiger partial charge in [-0.15, -0.1) is 0 Å². The molecule has 3 aromatic rings. The maximum absolute atomic E-state index is 9.11. The molecule has 0 spiro atoms. The number of nitrogens with two attached hydrogens (primary N) is 2.